The fourth-order valence-electron chi connectivity index (χ4n) is 1.17. The third-order valence-electron chi connectivity index (χ3n) is 1.86. The SMILES string of the molecule is COc1cc([N+](=O)[O-])c(CN)c(OC(F)(F)F)n1. The Morgan fingerprint density at radius 2 is 2.17 bits per heavy atom. The van der Waals surface area contributed by atoms with Gasteiger partial charge in [-0.1, -0.05) is 0 Å². The van der Waals surface area contributed by atoms with E-state index in [1.807, 2.05) is 0 Å². The Morgan fingerprint density at radius 1 is 1.56 bits per heavy atom. The van der Waals surface area contributed by atoms with Crippen LogP contribution in [0.3, 0.4) is 0 Å². The van der Waals surface area contributed by atoms with Crippen LogP contribution >= 0.6 is 0 Å². The van der Waals surface area contributed by atoms with Gasteiger partial charge in [-0.3, -0.25) is 10.1 Å². The van der Waals surface area contributed by atoms with E-state index in [0.717, 1.165) is 13.2 Å². The number of nitro groups is 1. The first-order valence-corrected chi connectivity index (χ1v) is 4.46. The lowest BCUT2D eigenvalue weighted by Gasteiger charge is -2.12. The number of rotatable bonds is 4. The van der Waals surface area contributed by atoms with Crippen molar-refractivity contribution in [1.29, 1.82) is 0 Å². The minimum absolute atomic E-state index is 0.377. The minimum Gasteiger partial charge on any atom is -0.481 e. The molecule has 0 fully saturated rings. The van der Waals surface area contributed by atoms with Crippen molar-refractivity contribution in [1.82, 2.24) is 4.98 Å². The summed E-state index contributed by atoms with van der Waals surface area (Å²) in [6.07, 6.45) is -5.03. The Morgan fingerprint density at radius 3 is 2.56 bits per heavy atom. The van der Waals surface area contributed by atoms with Gasteiger partial charge in [-0.05, 0) is 0 Å². The van der Waals surface area contributed by atoms with Crippen LogP contribution < -0.4 is 15.2 Å². The van der Waals surface area contributed by atoms with Crippen LogP contribution in [0.15, 0.2) is 6.07 Å². The molecular formula is C8H8F3N3O4. The molecule has 1 rings (SSSR count). The van der Waals surface area contributed by atoms with E-state index in [4.69, 9.17) is 5.73 Å². The molecule has 1 aromatic rings. The molecule has 0 aliphatic rings. The van der Waals surface area contributed by atoms with Crippen molar-refractivity contribution >= 4 is 5.69 Å². The molecule has 0 aliphatic heterocycles. The highest BCUT2D eigenvalue weighted by Gasteiger charge is 2.35. The van der Waals surface area contributed by atoms with Gasteiger partial charge < -0.3 is 15.2 Å². The highest BCUT2D eigenvalue weighted by Crippen LogP contribution is 2.33. The van der Waals surface area contributed by atoms with Crippen molar-refractivity contribution in [3.05, 3.63) is 21.7 Å². The largest absolute Gasteiger partial charge is 0.574 e. The molecule has 7 nitrogen and oxygen atoms in total. The highest BCUT2D eigenvalue weighted by atomic mass is 19.4. The van der Waals surface area contributed by atoms with Crippen molar-refractivity contribution in [2.24, 2.45) is 5.73 Å². The number of nitrogens with zero attached hydrogens (tertiary/aromatic N) is 2. The summed E-state index contributed by atoms with van der Waals surface area (Å²) >= 11 is 0. The van der Waals surface area contributed by atoms with Crippen LogP contribution in [0.2, 0.25) is 0 Å². The number of ether oxygens (including phenoxy) is 2. The van der Waals surface area contributed by atoms with E-state index in [-0.39, 0.29) is 5.88 Å². The number of aromatic nitrogens is 1. The summed E-state index contributed by atoms with van der Waals surface area (Å²) in [6.45, 7) is -0.529. The summed E-state index contributed by atoms with van der Waals surface area (Å²) in [5.41, 5.74) is 4.06. The van der Waals surface area contributed by atoms with Crippen LogP contribution in [0.1, 0.15) is 5.56 Å². The zero-order valence-electron chi connectivity index (χ0n) is 9.02. The Balaban J connectivity index is 3.37. The van der Waals surface area contributed by atoms with Gasteiger partial charge in [0.1, 0.15) is 5.56 Å². The lowest BCUT2D eigenvalue weighted by molar-refractivity contribution is -0.386. The van der Waals surface area contributed by atoms with E-state index in [2.05, 4.69) is 14.5 Å². The summed E-state index contributed by atoms with van der Waals surface area (Å²) in [4.78, 5) is 13.1. The maximum atomic E-state index is 12.1. The topological polar surface area (TPSA) is 101 Å². The normalized spacial score (nSPS) is 11.2. The number of alkyl halides is 3. The molecule has 0 amide bonds. The number of halogens is 3. The van der Waals surface area contributed by atoms with Crippen molar-refractivity contribution in [2.45, 2.75) is 12.9 Å². The second-order valence-electron chi connectivity index (χ2n) is 2.98. The molecule has 1 aromatic heterocycles. The third kappa shape index (κ3) is 3.20. The number of pyridine rings is 1. The van der Waals surface area contributed by atoms with Gasteiger partial charge in [0.2, 0.25) is 11.8 Å². The Kier molecular flexibility index (Phi) is 3.91. The molecule has 0 unspecified atom stereocenters. The van der Waals surface area contributed by atoms with Crippen molar-refractivity contribution in [3.8, 4) is 11.8 Å². The Bertz CT molecular complexity index is 464. The molecule has 100 valence electrons. The fourth-order valence-corrected chi connectivity index (χ4v) is 1.17. The van der Waals surface area contributed by atoms with Crippen LogP contribution in [0.4, 0.5) is 18.9 Å². The zero-order valence-corrected chi connectivity index (χ0v) is 9.02. The number of hydrogen-bond donors (Lipinski definition) is 1. The number of nitrogens with two attached hydrogens (primary N) is 1. The molecular weight excluding hydrogens is 259 g/mol. The average Bonchev–Trinajstić information content (AvgIpc) is 2.25. The first kappa shape index (κ1) is 14.0. The predicted octanol–water partition coefficient (Wildman–Crippen LogP) is 1.36. The summed E-state index contributed by atoms with van der Waals surface area (Å²) in [5.74, 6) is -1.37. The average molecular weight is 267 g/mol. The lowest BCUT2D eigenvalue weighted by atomic mass is 10.2. The van der Waals surface area contributed by atoms with Gasteiger partial charge in [0, 0.05) is 6.54 Å². The van der Waals surface area contributed by atoms with E-state index in [1.165, 1.54) is 0 Å². The summed E-state index contributed by atoms with van der Waals surface area (Å²) < 4.78 is 44.5. The second kappa shape index (κ2) is 5.04. The molecule has 2 N–H and O–H groups in total. The van der Waals surface area contributed by atoms with Crippen LogP contribution in [0.25, 0.3) is 0 Å². The molecule has 18 heavy (non-hydrogen) atoms. The van der Waals surface area contributed by atoms with E-state index < -0.39 is 35.0 Å². The molecule has 0 aliphatic carbocycles. The Hall–Kier alpha value is -2.10. The Labute approximate surface area is 98.5 Å². The van der Waals surface area contributed by atoms with Crippen molar-refractivity contribution < 1.29 is 27.6 Å². The van der Waals surface area contributed by atoms with Gasteiger partial charge >= 0.3 is 6.36 Å². The smallest absolute Gasteiger partial charge is 0.481 e. The third-order valence-corrected chi connectivity index (χ3v) is 1.86. The molecule has 0 bridgehead atoms. The predicted molar refractivity (Wildman–Crippen MR) is 52.0 cm³/mol. The van der Waals surface area contributed by atoms with E-state index in [0.29, 0.717) is 0 Å². The van der Waals surface area contributed by atoms with Gasteiger partial charge in [0.15, 0.2) is 0 Å². The second-order valence-corrected chi connectivity index (χ2v) is 2.98. The van der Waals surface area contributed by atoms with Crippen molar-refractivity contribution in [3.63, 3.8) is 0 Å². The fraction of sp³-hybridized carbons (Fsp3) is 0.375. The molecule has 0 atom stereocenters. The van der Waals surface area contributed by atoms with Gasteiger partial charge in [0.05, 0.1) is 18.1 Å². The maximum absolute atomic E-state index is 12.1. The van der Waals surface area contributed by atoms with Crippen LogP contribution in [-0.2, 0) is 6.54 Å². The molecule has 0 saturated carbocycles. The number of methoxy groups -OCH3 is 1. The molecule has 0 spiro atoms. The molecule has 0 radical (unpaired) electrons. The first-order chi connectivity index (χ1) is 8.28. The minimum atomic E-state index is -5.03. The molecule has 10 heteroatoms. The summed E-state index contributed by atoms with van der Waals surface area (Å²) in [5, 5.41) is 10.7. The van der Waals surface area contributed by atoms with Crippen LogP contribution in [0.5, 0.6) is 11.8 Å². The quantitative estimate of drug-likeness (QED) is 0.652. The van der Waals surface area contributed by atoms with Gasteiger partial charge in [-0.15, -0.1) is 13.2 Å². The molecule has 1 heterocycles. The summed E-state index contributed by atoms with van der Waals surface area (Å²) in [7, 11) is 1.10. The van der Waals surface area contributed by atoms with Crippen molar-refractivity contribution in [2.75, 3.05) is 7.11 Å². The monoisotopic (exact) mass is 267 g/mol. The molecule has 0 saturated heterocycles. The molecule has 0 aromatic carbocycles. The van der Waals surface area contributed by atoms with Gasteiger partial charge in [-0.25, -0.2) is 0 Å². The van der Waals surface area contributed by atoms with E-state index >= 15 is 0 Å². The number of hydrogen-bond acceptors (Lipinski definition) is 6. The van der Waals surface area contributed by atoms with Gasteiger partial charge in [0.25, 0.3) is 5.69 Å². The zero-order chi connectivity index (χ0) is 13.9. The summed E-state index contributed by atoms with van der Waals surface area (Å²) in [6, 6.07) is 0.866. The highest BCUT2D eigenvalue weighted by molar-refractivity contribution is 5.49. The maximum Gasteiger partial charge on any atom is 0.574 e. The van der Waals surface area contributed by atoms with Gasteiger partial charge in [-0.2, -0.15) is 4.98 Å². The lowest BCUT2D eigenvalue weighted by Crippen LogP contribution is -2.20. The van der Waals surface area contributed by atoms with E-state index in [1.54, 1.807) is 0 Å². The first-order valence-electron chi connectivity index (χ1n) is 4.46. The van der Waals surface area contributed by atoms with E-state index in [9.17, 15) is 23.3 Å². The standard InChI is InChI=1S/C8H8F3N3O4/c1-17-6-2-5(14(15)16)4(3-12)7(13-6)18-8(9,10)11/h2H,3,12H2,1H3. The van der Waals surface area contributed by atoms with Crippen LogP contribution in [-0.4, -0.2) is 23.4 Å². The van der Waals surface area contributed by atoms with Crippen LogP contribution in [0, 0.1) is 10.1 Å².